The number of carbonyl (C=O) groups excluding carboxylic acids is 2. The number of likely N-dealkylation sites (tertiary alicyclic amines) is 1. The molecule has 206 valence electrons. The number of rotatable bonds is 10. The summed E-state index contributed by atoms with van der Waals surface area (Å²) in [7, 11) is 0. The molecule has 1 amide bonds. The van der Waals surface area contributed by atoms with Crippen molar-refractivity contribution in [2.45, 2.75) is 37.6 Å². The summed E-state index contributed by atoms with van der Waals surface area (Å²) in [6.45, 7) is 3.52. The van der Waals surface area contributed by atoms with Crippen LogP contribution >= 0.6 is 0 Å². The fourth-order valence-electron chi connectivity index (χ4n) is 5.81. The Morgan fingerprint density at radius 3 is 2.33 bits per heavy atom. The molecule has 2 heterocycles. The summed E-state index contributed by atoms with van der Waals surface area (Å²) < 4.78 is 13.2. The minimum absolute atomic E-state index is 0.0257. The maximum absolute atomic E-state index is 14.0. The first-order chi connectivity index (χ1) is 19.5. The smallest absolute Gasteiger partial charge is 0.250 e. The number of benzene rings is 3. The number of para-hydroxylation sites is 1. The largest absolute Gasteiger partial charge is 0.339 e. The van der Waals surface area contributed by atoms with Gasteiger partial charge in [0.25, 0.3) is 0 Å². The predicted octanol–water partition coefficient (Wildman–Crippen LogP) is 6.11. The second-order valence-electron chi connectivity index (χ2n) is 10.5. The third kappa shape index (κ3) is 6.01. The van der Waals surface area contributed by atoms with E-state index in [1.165, 1.54) is 24.3 Å². The Morgan fingerprint density at radius 2 is 1.65 bits per heavy atom. The molecule has 5 rings (SSSR count). The normalized spacial score (nSPS) is 16.8. The molecule has 8 nitrogen and oxygen atoms in total. The second kappa shape index (κ2) is 12.3. The molecule has 0 aromatic heterocycles. The van der Waals surface area contributed by atoms with Crippen molar-refractivity contribution in [1.29, 1.82) is 0 Å². The molecule has 9 heteroatoms. The number of nitrogens with zero attached hydrogens (tertiary/aromatic N) is 6. The summed E-state index contributed by atoms with van der Waals surface area (Å²) in [5.41, 5.74) is 11.3. The molecular formula is C31H33FN6O2. The van der Waals surface area contributed by atoms with Gasteiger partial charge in [-0.3, -0.25) is 9.59 Å². The van der Waals surface area contributed by atoms with Crippen LogP contribution in [0.3, 0.4) is 0 Å². The highest BCUT2D eigenvalue weighted by atomic mass is 19.1. The van der Waals surface area contributed by atoms with Crippen molar-refractivity contribution in [3.8, 4) is 0 Å². The average Bonchev–Trinajstić information content (AvgIpc) is 3.25. The quantitative estimate of drug-likeness (QED) is 0.134. The first kappa shape index (κ1) is 27.4. The van der Waals surface area contributed by atoms with E-state index in [4.69, 9.17) is 5.53 Å². The second-order valence-corrected chi connectivity index (χ2v) is 10.5. The maximum atomic E-state index is 14.0. The van der Waals surface area contributed by atoms with Crippen molar-refractivity contribution in [2.75, 3.05) is 37.7 Å². The number of azide groups is 1. The van der Waals surface area contributed by atoms with E-state index in [0.29, 0.717) is 30.9 Å². The number of amides is 1. The van der Waals surface area contributed by atoms with Crippen molar-refractivity contribution in [2.24, 2.45) is 5.11 Å². The summed E-state index contributed by atoms with van der Waals surface area (Å²) >= 11 is 0. The van der Waals surface area contributed by atoms with Crippen LogP contribution in [0.5, 0.6) is 0 Å². The monoisotopic (exact) mass is 540 g/mol. The zero-order chi connectivity index (χ0) is 28.0. The maximum Gasteiger partial charge on any atom is 0.250 e. The highest BCUT2D eigenvalue weighted by Gasteiger charge is 2.53. The molecule has 3 aromatic rings. The Bertz CT molecular complexity index is 1370. The zero-order valence-electron chi connectivity index (χ0n) is 22.5. The van der Waals surface area contributed by atoms with Crippen LogP contribution in [0, 0.1) is 5.82 Å². The minimum atomic E-state index is -0.576. The van der Waals surface area contributed by atoms with Crippen LogP contribution in [0.15, 0.2) is 84.0 Å². The van der Waals surface area contributed by atoms with E-state index >= 15 is 0 Å². The highest BCUT2D eigenvalue weighted by Crippen LogP contribution is 2.39. The first-order valence-corrected chi connectivity index (χ1v) is 13.8. The number of hydrogen-bond acceptors (Lipinski definition) is 5. The van der Waals surface area contributed by atoms with Crippen LogP contribution in [0.1, 0.15) is 41.6 Å². The molecule has 2 aliphatic rings. The van der Waals surface area contributed by atoms with Crippen LogP contribution in [0.4, 0.5) is 15.8 Å². The van der Waals surface area contributed by atoms with Gasteiger partial charge in [-0.1, -0.05) is 47.6 Å². The molecule has 0 bridgehead atoms. The number of anilines is 1. The Morgan fingerprint density at radius 1 is 0.950 bits per heavy atom. The number of ketones is 1. The summed E-state index contributed by atoms with van der Waals surface area (Å²) in [6.07, 6.45) is 3.31. The lowest BCUT2D eigenvalue weighted by atomic mass is 9.85. The molecule has 2 saturated heterocycles. The van der Waals surface area contributed by atoms with E-state index in [0.717, 1.165) is 56.6 Å². The average molecular weight is 541 g/mol. The first-order valence-electron chi connectivity index (χ1n) is 13.8. The van der Waals surface area contributed by atoms with E-state index in [-0.39, 0.29) is 17.5 Å². The van der Waals surface area contributed by atoms with Crippen molar-refractivity contribution in [1.82, 2.24) is 9.80 Å². The third-order valence-electron chi connectivity index (χ3n) is 8.08. The number of carbonyl (C=O) groups is 2. The zero-order valence-corrected chi connectivity index (χ0v) is 22.5. The van der Waals surface area contributed by atoms with E-state index < -0.39 is 5.54 Å². The molecule has 0 saturated carbocycles. The van der Waals surface area contributed by atoms with Gasteiger partial charge in [-0.05, 0) is 79.7 Å². The molecule has 3 aromatic carbocycles. The molecule has 1 spiro atoms. The van der Waals surface area contributed by atoms with E-state index in [1.54, 1.807) is 12.1 Å². The molecule has 0 N–H and O–H groups in total. The lowest BCUT2D eigenvalue weighted by Gasteiger charge is -2.43. The van der Waals surface area contributed by atoms with Crippen molar-refractivity contribution >= 4 is 23.1 Å². The van der Waals surface area contributed by atoms with Crippen molar-refractivity contribution in [3.05, 3.63) is 106 Å². The van der Waals surface area contributed by atoms with E-state index in [9.17, 15) is 14.0 Å². The van der Waals surface area contributed by atoms with Gasteiger partial charge in [0.15, 0.2) is 5.78 Å². The van der Waals surface area contributed by atoms with Crippen LogP contribution in [0.2, 0.25) is 0 Å². The molecule has 0 radical (unpaired) electrons. The number of piperidine rings is 1. The van der Waals surface area contributed by atoms with Crippen LogP contribution in [0.25, 0.3) is 10.4 Å². The van der Waals surface area contributed by atoms with Gasteiger partial charge < -0.3 is 14.7 Å². The fraction of sp³-hybridized carbons (Fsp3) is 0.355. The Labute approximate surface area is 233 Å². The summed E-state index contributed by atoms with van der Waals surface area (Å²) in [5, 5.41) is 3.62. The molecule has 2 fully saturated rings. The number of halogens is 1. The Kier molecular flexibility index (Phi) is 8.43. The molecule has 40 heavy (non-hydrogen) atoms. The lowest BCUT2D eigenvalue weighted by Crippen LogP contribution is -2.56. The predicted molar refractivity (Wildman–Crippen MR) is 153 cm³/mol. The van der Waals surface area contributed by atoms with Gasteiger partial charge in [-0.25, -0.2) is 4.39 Å². The Balaban J connectivity index is 1.21. The molecule has 0 atom stereocenters. The third-order valence-corrected chi connectivity index (χ3v) is 8.08. The summed E-state index contributed by atoms with van der Waals surface area (Å²) in [6, 6.07) is 23.3. The van der Waals surface area contributed by atoms with Gasteiger partial charge in [0, 0.05) is 47.9 Å². The topological polar surface area (TPSA) is 92.6 Å². The van der Waals surface area contributed by atoms with Gasteiger partial charge in [-0.2, -0.15) is 0 Å². The lowest BCUT2D eigenvalue weighted by molar-refractivity contribution is -0.133. The standard InChI is InChI=1S/C31H33FN6O2/c32-26-12-10-25(11-13-26)29(39)7-4-19-36-21-17-31(18-22-36)30(40)37(23-38(31)28-5-2-1-3-6-28)20-16-24-8-14-27(15-9-24)34-35-33/h1-3,5-6,8-15H,4,7,16-23H2. The number of hydrogen-bond donors (Lipinski definition) is 0. The van der Waals surface area contributed by atoms with Crippen LogP contribution in [-0.2, 0) is 11.2 Å². The SMILES string of the molecule is [N-]=[N+]=Nc1ccc(CCN2CN(c3ccccc3)C3(CCN(CCCC(=O)c4ccc(F)cc4)CC3)C2=O)cc1. The molecular weight excluding hydrogens is 507 g/mol. The van der Waals surface area contributed by atoms with Crippen LogP contribution in [-0.4, -0.2) is 59.9 Å². The van der Waals surface area contributed by atoms with Crippen molar-refractivity contribution in [3.63, 3.8) is 0 Å². The molecule has 0 aliphatic carbocycles. The molecule has 2 aliphatic heterocycles. The summed E-state index contributed by atoms with van der Waals surface area (Å²) in [5.74, 6) is -0.143. The Hall–Kier alpha value is -4.20. The van der Waals surface area contributed by atoms with Gasteiger partial charge in [0.1, 0.15) is 11.4 Å². The van der Waals surface area contributed by atoms with E-state index in [1.807, 2.05) is 35.2 Å². The highest BCUT2D eigenvalue weighted by molar-refractivity contribution is 5.96. The number of Topliss-reactive ketones (excluding diaryl/α,β-unsaturated/α-hetero) is 1. The van der Waals surface area contributed by atoms with Gasteiger partial charge in [0.05, 0.1) is 6.67 Å². The van der Waals surface area contributed by atoms with Gasteiger partial charge >= 0.3 is 0 Å². The van der Waals surface area contributed by atoms with E-state index in [2.05, 4.69) is 32.0 Å². The van der Waals surface area contributed by atoms with Crippen LogP contribution < -0.4 is 4.90 Å². The van der Waals surface area contributed by atoms with Gasteiger partial charge in [0.2, 0.25) is 5.91 Å². The summed E-state index contributed by atoms with van der Waals surface area (Å²) in [4.78, 5) is 35.8. The minimum Gasteiger partial charge on any atom is -0.339 e. The molecule has 0 unspecified atom stereocenters. The fourth-order valence-corrected chi connectivity index (χ4v) is 5.81. The van der Waals surface area contributed by atoms with Gasteiger partial charge in [-0.15, -0.1) is 0 Å². The van der Waals surface area contributed by atoms with Crippen molar-refractivity contribution < 1.29 is 14.0 Å².